The lowest BCUT2D eigenvalue weighted by Gasteiger charge is -2.22. The highest BCUT2D eigenvalue weighted by molar-refractivity contribution is 6.31. The smallest absolute Gasteiger partial charge is 0.247 e. The van der Waals surface area contributed by atoms with E-state index in [4.69, 9.17) is 16.3 Å². The number of methoxy groups -OCH3 is 1. The van der Waals surface area contributed by atoms with Gasteiger partial charge in [0.15, 0.2) is 0 Å². The first-order valence-corrected chi connectivity index (χ1v) is 7.93. The number of ether oxygens (including phenoxy) is 1. The summed E-state index contributed by atoms with van der Waals surface area (Å²) in [6.07, 6.45) is 0.0942. The predicted molar refractivity (Wildman–Crippen MR) is 90.1 cm³/mol. The topological polar surface area (TPSA) is 79.0 Å². The molecule has 0 bridgehead atoms. The van der Waals surface area contributed by atoms with Crippen molar-refractivity contribution in [3.8, 4) is 5.75 Å². The number of carbonyl (C=O) groups is 3. The number of hydrogen-bond donors (Lipinski definition) is 1. The van der Waals surface area contributed by atoms with E-state index < -0.39 is 6.04 Å². The second kappa shape index (κ2) is 7.63. The van der Waals surface area contributed by atoms with Crippen LogP contribution in [0.2, 0.25) is 5.02 Å². The molecule has 1 heterocycles. The van der Waals surface area contributed by atoms with Crippen LogP contribution in [-0.4, -0.2) is 60.8 Å². The van der Waals surface area contributed by atoms with Crippen LogP contribution in [0.1, 0.15) is 13.3 Å². The number of halogens is 1. The fourth-order valence-corrected chi connectivity index (χ4v) is 2.82. The third-order valence-corrected chi connectivity index (χ3v) is 4.13. The number of likely N-dealkylation sites (tertiary alicyclic amines) is 1. The molecule has 1 aromatic rings. The van der Waals surface area contributed by atoms with Gasteiger partial charge in [0, 0.05) is 11.6 Å². The van der Waals surface area contributed by atoms with Gasteiger partial charge < -0.3 is 10.1 Å². The Hall–Kier alpha value is -2.12. The first-order valence-electron chi connectivity index (χ1n) is 7.55. The summed E-state index contributed by atoms with van der Waals surface area (Å²) in [4.78, 5) is 39.0. The van der Waals surface area contributed by atoms with Crippen molar-refractivity contribution < 1.29 is 19.1 Å². The normalized spacial score (nSPS) is 17.5. The number of rotatable bonds is 6. The van der Waals surface area contributed by atoms with E-state index >= 15 is 0 Å². The van der Waals surface area contributed by atoms with Crippen LogP contribution in [0.25, 0.3) is 0 Å². The number of hydrogen-bond acceptors (Lipinski definition) is 5. The Kier molecular flexibility index (Phi) is 5.80. The summed E-state index contributed by atoms with van der Waals surface area (Å²) in [5.41, 5.74) is 0.451. The number of anilines is 1. The van der Waals surface area contributed by atoms with Gasteiger partial charge in [0.25, 0.3) is 0 Å². The Morgan fingerprint density at radius 3 is 2.75 bits per heavy atom. The first kappa shape index (κ1) is 18.2. The van der Waals surface area contributed by atoms with E-state index in [0.717, 1.165) is 0 Å². The molecule has 1 aromatic carbocycles. The van der Waals surface area contributed by atoms with Gasteiger partial charge in [0.05, 0.1) is 31.8 Å². The highest BCUT2D eigenvalue weighted by atomic mass is 35.5. The van der Waals surface area contributed by atoms with Crippen LogP contribution in [0.3, 0.4) is 0 Å². The van der Waals surface area contributed by atoms with Gasteiger partial charge in [-0.2, -0.15) is 0 Å². The van der Waals surface area contributed by atoms with Crippen LogP contribution in [-0.2, 0) is 14.4 Å². The van der Waals surface area contributed by atoms with Crippen LogP contribution in [0.15, 0.2) is 18.2 Å². The summed E-state index contributed by atoms with van der Waals surface area (Å²) >= 11 is 5.93. The Labute approximate surface area is 145 Å². The number of benzene rings is 1. The van der Waals surface area contributed by atoms with Crippen molar-refractivity contribution in [2.45, 2.75) is 19.4 Å². The lowest BCUT2D eigenvalue weighted by Crippen LogP contribution is -2.43. The number of likely N-dealkylation sites (N-methyl/N-ethyl adjacent to an activating group) is 2. The third-order valence-electron chi connectivity index (χ3n) is 3.90. The highest BCUT2D eigenvalue weighted by Crippen LogP contribution is 2.27. The average molecular weight is 354 g/mol. The van der Waals surface area contributed by atoms with Crippen molar-refractivity contribution in [3.63, 3.8) is 0 Å². The zero-order chi connectivity index (χ0) is 17.9. The molecule has 1 aliphatic rings. The molecule has 1 saturated heterocycles. The van der Waals surface area contributed by atoms with Crippen molar-refractivity contribution in [1.29, 1.82) is 0 Å². The zero-order valence-corrected chi connectivity index (χ0v) is 14.6. The SMILES string of the molecule is CCN1C(=O)C[C@@H](N(C)CC(=O)Nc2cc(Cl)ccc2OC)C1=O. The van der Waals surface area contributed by atoms with Gasteiger partial charge >= 0.3 is 0 Å². The molecule has 1 N–H and O–H groups in total. The molecule has 0 saturated carbocycles. The van der Waals surface area contributed by atoms with E-state index in [2.05, 4.69) is 5.32 Å². The van der Waals surface area contributed by atoms with Crippen LogP contribution in [0, 0.1) is 0 Å². The fourth-order valence-electron chi connectivity index (χ4n) is 2.65. The van der Waals surface area contributed by atoms with Gasteiger partial charge in [-0.25, -0.2) is 0 Å². The average Bonchev–Trinajstić information content (AvgIpc) is 2.81. The van der Waals surface area contributed by atoms with Gasteiger partial charge in [-0.15, -0.1) is 0 Å². The molecule has 8 heteroatoms. The zero-order valence-electron chi connectivity index (χ0n) is 13.8. The Bertz CT molecular complexity index is 665. The van der Waals surface area contributed by atoms with Crippen molar-refractivity contribution in [3.05, 3.63) is 23.2 Å². The highest BCUT2D eigenvalue weighted by Gasteiger charge is 2.40. The molecule has 24 heavy (non-hydrogen) atoms. The summed E-state index contributed by atoms with van der Waals surface area (Å²) in [5, 5.41) is 3.18. The van der Waals surface area contributed by atoms with Gasteiger partial charge in [-0.3, -0.25) is 24.2 Å². The first-order chi connectivity index (χ1) is 11.4. The largest absolute Gasteiger partial charge is 0.495 e. The molecule has 0 unspecified atom stereocenters. The molecular formula is C16H20ClN3O4. The van der Waals surface area contributed by atoms with Gasteiger partial charge in [0.1, 0.15) is 5.75 Å². The molecule has 130 valence electrons. The van der Waals surface area contributed by atoms with Crippen molar-refractivity contribution in [2.75, 3.05) is 32.6 Å². The number of carbonyl (C=O) groups excluding carboxylic acids is 3. The summed E-state index contributed by atoms with van der Waals surface area (Å²) in [7, 11) is 3.14. The van der Waals surface area contributed by atoms with E-state index in [-0.39, 0.29) is 30.7 Å². The van der Waals surface area contributed by atoms with E-state index in [1.807, 2.05) is 0 Å². The van der Waals surface area contributed by atoms with Gasteiger partial charge in [-0.1, -0.05) is 11.6 Å². The molecule has 2 rings (SSSR count). The number of imide groups is 1. The second-order valence-electron chi connectivity index (χ2n) is 5.50. The number of nitrogens with one attached hydrogen (secondary N) is 1. The fraction of sp³-hybridized carbons (Fsp3) is 0.438. The quantitative estimate of drug-likeness (QED) is 0.781. The van der Waals surface area contributed by atoms with Gasteiger partial charge in [0.2, 0.25) is 17.7 Å². The minimum absolute atomic E-state index is 0.0308. The Morgan fingerprint density at radius 1 is 1.46 bits per heavy atom. The standard InChI is InChI=1S/C16H20ClN3O4/c1-4-20-15(22)8-12(16(20)23)19(2)9-14(21)18-11-7-10(17)5-6-13(11)24-3/h5-7,12H,4,8-9H2,1-3H3,(H,18,21)/t12-/m1/s1. The molecule has 0 aromatic heterocycles. The molecule has 0 aliphatic carbocycles. The second-order valence-corrected chi connectivity index (χ2v) is 5.94. The molecule has 0 radical (unpaired) electrons. The van der Waals surface area contributed by atoms with Crippen molar-refractivity contribution >= 4 is 35.0 Å². The van der Waals surface area contributed by atoms with Crippen molar-refractivity contribution in [1.82, 2.24) is 9.80 Å². The van der Waals surface area contributed by atoms with E-state index in [1.165, 1.54) is 12.0 Å². The van der Waals surface area contributed by atoms with Crippen LogP contribution in [0.4, 0.5) is 5.69 Å². The molecule has 1 fully saturated rings. The molecule has 7 nitrogen and oxygen atoms in total. The molecule has 1 aliphatic heterocycles. The summed E-state index contributed by atoms with van der Waals surface area (Å²) in [6.45, 7) is 2.06. The number of nitrogens with zero attached hydrogens (tertiary/aromatic N) is 2. The van der Waals surface area contributed by atoms with Crippen LogP contribution in [0.5, 0.6) is 5.75 Å². The Balaban J connectivity index is 2.01. The Morgan fingerprint density at radius 2 is 2.17 bits per heavy atom. The minimum atomic E-state index is -0.607. The predicted octanol–water partition coefficient (Wildman–Crippen LogP) is 1.37. The lowest BCUT2D eigenvalue weighted by molar-refractivity contribution is -0.139. The van der Waals surface area contributed by atoms with E-state index in [0.29, 0.717) is 23.0 Å². The number of amides is 3. The molecule has 1 atom stereocenters. The molecule has 0 spiro atoms. The van der Waals surface area contributed by atoms with E-state index in [9.17, 15) is 14.4 Å². The van der Waals surface area contributed by atoms with Crippen LogP contribution < -0.4 is 10.1 Å². The monoisotopic (exact) mass is 353 g/mol. The summed E-state index contributed by atoms with van der Waals surface area (Å²) < 4.78 is 5.17. The maximum absolute atomic E-state index is 12.2. The molecular weight excluding hydrogens is 334 g/mol. The summed E-state index contributed by atoms with van der Waals surface area (Å²) in [5.74, 6) is -0.317. The third kappa shape index (κ3) is 3.85. The van der Waals surface area contributed by atoms with E-state index in [1.54, 1.807) is 37.1 Å². The van der Waals surface area contributed by atoms with Crippen LogP contribution >= 0.6 is 11.6 Å². The maximum atomic E-state index is 12.2. The van der Waals surface area contributed by atoms with Crippen molar-refractivity contribution in [2.24, 2.45) is 0 Å². The minimum Gasteiger partial charge on any atom is -0.495 e. The van der Waals surface area contributed by atoms with Gasteiger partial charge in [-0.05, 0) is 32.2 Å². The maximum Gasteiger partial charge on any atom is 0.247 e. The lowest BCUT2D eigenvalue weighted by atomic mass is 10.2. The molecule has 3 amide bonds. The summed E-state index contributed by atoms with van der Waals surface area (Å²) in [6, 6.07) is 4.29.